The minimum atomic E-state index is -0.153. The van der Waals surface area contributed by atoms with Crippen molar-refractivity contribution in [1.29, 1.82) is 0 Å². The van der Waals surface area contributed by atoms with Crippen molar-refractivity contribution in [1.82, 2.24) is 0 Å². The molecule has 0 aromatic heterocycles. The van der Waals surface area contributed by atoms with Crippen LogP contribution >= 0.6 is 0 Å². The predicted octanol–water partition coefficient (Wildman–Crippen LogP) is 0.338. The molecule has 1 aliphatic heterocycles. The van der Waals surface area contributed by atoms with Gasteiger partial charge in [0.15, 0.2) is 0 Å². The number of rotatable bonds is 0. The standard InChI is InChI=1S/C6H10O3/c1-5-4-6(7)9-3-2-8-5/h5H,2-4H2,1H3/t5-/m1/s1. The smallest absolute Gasteiger partial charge is 0.308 e. The van der Waals surface area contributed by atoms with E-state index in [0.717, 1.165) is 0 Å². The maximum absolute atomic E-state index is 10.6. The van der Waals surface area contributed by atoms with Crippen molar-refractivity contribution in [2.24, 2.45) is 0 Å². The summed E-state index contributed by atoms with van der Waals surface area (Å²) in [6.45, 7) is 2.81. The number of esters is 1. The van der Waals surface area contributed by atoms with E-state index in [9.17, 15) is 4.79 Å². The molecule has 0 spiro atoms. The quantitative estimate of drug-likeness (QED) is 0.443. The van der Waals surface area contributed by atoms with E-state index in [1.165, 1.54) is 0 Å². The summed E-state index contributed by atoms with van der Waals surface area (Å²) < 4.78 is 9.84. The Morgan fingerprint density at radius 2 is 2.33 bits per heavy atom. The van der Waals surface area contributed by atoms with E-state index in [1.807, 2.05) is 6.92 Å². The van der Waals surface area contributed by atoms with Crippen molar-refractivity contribution in [2.75, 3.05) is 13.2 Å². The zero-order valence-electron chi connectivity index (χ0n) is 5.42. The van der Waals surface area contributed by atoms with Gasteiger partial charge < -0.3 is 9.47 Å². The first kappa shape index (κ1) is 6.55. The summed E-state index contributed by atoms with van der Waals surface area (Å²) in [5.74, 6) is -0.153. The average Bonchev–Trinajstić information content (AvgIpc) is 1.93. The highest BCUT2D eigenvalue weighted by molar-refractivity contribution is 5.70. The summed E-state index contributed by atoms with van der Waals surface area (Å²) in [5, 5.41) is 0. The third-order valence-electron chi connectivity index (χ3n) is 1.20. The zero-order valence-corrected chi connectivity index (χ0v) is 5.42. The second-order valence-electron chi connectivity index (χ2n) is 2.11. The van der Waals surface area contributed by atoms with Crippen LogP contribution in [0.5, 0.6) is 0 Å². The molecule has 0 aromatic rings. The molecule has 0 unspecified atom stereocenters. The summed E-state index contributed by atoms with van der Waals surface area (Å²) in [6, 6.07) is 0. The molecular weight excluding hydrogens is 120 g/mol. The molecular formula is C6H10O3. The minimum absolute atomic E-state index is 0.0278. The summed E-state index contributed by atoms with van der Waals surface area (Å²) >= 11 is 0. The first-order valence-corrected chi connectivity index (χ1v) is 3.06. The highest BCUT2D eigenvalue weighted by atomic mass is 16.6. The van der Waals surface area contributed by atoms with Gasteiger partial charge in [0.25, 0.3) is 0 Å². The number of hydrogen-bond acceptors (Lipinski definition) is 3. The fraction of sp³-hybridized carbons (Fsp3) is 0.833. The van der Waals surface area contributed by atoms with E-state index in [-0.39, 0.29) is 12.1 Å². The zero-order chi connectivity index (χ0) is 6.69. The van der Waals surface area contributed by atoms with Crippen LogP contribution < -0.4 is 0 Å². The largest absolute Gasteiger partial charge is 0.463 e. The molecule has 0 amide bonds. The van der Waals surface area contributed by atoms with Gasteiger partial charge in [-0.1, -0.05) is 0 Å². The Kier molecular flexibility index (Phi) is 2.05. The van der Waals surface area contributed by atoms with Gasteiger partial charge >= 0.3 is 5.97 Å². The monoisotopic (exact) mass is 130 g/mol. The van der Waals surface area contributed by atoms with E-state index in [1.54, 1.807) is 0 Å². The molecule has 0 radical (unpaired) electrons. The van der Waals surface area contributed by atoms with E-state index in [4.69, 9.17) is 9.47 Å². The molecule has 1 rings (SSSR count). The van der Waals surface area contributed by atoms with Gasteiger partial charge in [0.05, 0.1) is 19.1 Å². The molecule has 52 valence electrons. The predicted molar refractivity (Wildman–Crippen MR) is 31.0 cm³/mol. The lowest BCUT2D eigenvalue weighted by molar-refractivity contribution is -0.142. The Labute approximate surface area is 53.9 Å². The molecule has 1 fully saturated rings. The van der Waals surface area contributed by atoms with Gasteiger partial charge in [0.2, 0.25) is 0 Å². The Bertz CT molecular complexity index is 111. The summed E-state index contributed by atoms with van der Waals surface area (Å²) in [6.07, 6.45) is 0.417. The van der Waals surface area contributed by atoms with Crippen LogP contribution in [-0.2, 0) is 14.3 Å². The van der Waals surface area contributed by atoms with Crippen molar-refractivity contribution in [3.63, 3.8) is 0 Å². The van der Waals surface area contributed by atoms with Crippen molar-refractivity contribution < 1.29 is 14.3 Å². The van der Waals surface area contributed by atoms with Gasteiger partial charge in [0, 0.05) is 0 Å². The summed E-state index contributed by atoms with van der Waals surface area (Å²) in [4.78, 5) is 10.6. The highest BCUT2D eigenvalue weighted by Crippen LogP contribution is 2.02. The Balaban J connectivity index is 2.37. The topological polar surface area (TPSA) is 35.5 Å². The summed E-state index contributed by atoms with van der Waals surface area (Å²) in [5.41, 5.74) is 0. The number of cyclic esters (lactones) is 1. The fourth-order valence-corrected chi connectivity index (χ4v) is 0.757. The van der Waals surface area contributed by atoms with Gasteiger partial charge in [-0.2, -0.15) is 0 Å². The van der Waals surface area contributed by atoms with Gasteiger partial charge in [0.1, 0.15) is 6.61 Å². The maximum Gasteiger partial charge on any atom is 0.308 e. The van der Waals surface area contributed by atoms with E-state index >= 15 is 0 Å². The molecule has 1 atom stereocenters. The molecule has 0 N–H and O–H groups in total. The Morgan fingerprint density at radius 3 is 3.11 bits per heavy atom. The highest BCUT2D eigenvalue weighted by Gasteiger charge is 2.13. The normalized spacial score (nSPS) is 29.0. The first-order chi connectivity index (χ1) is 4.29. The van der Waals surface area contributed by atoms with Gasteiger partial charge in [-0.15, -0.1) is 0 Å². The van der Waals surface area contributed by atoms with Gasteiger partial charge in [-0.25, -0.2) is 0 Å². The molecule has 3 heteroatoms. The van der Waals surface area contributed by atoms with Gasteiger partial charge in [-0.3, -0.25) is 4.79 Å². The molecule has 9 heavy (non-hydrogen) atoms. The Hall–Kier alpha value is -0.570. The lowest BCUT2D eigenvalue weighted by Gasteiger charge is -2.02. The van der Waals surface area contributed by atoms with Crippen LogP contribution in [0.2, 0.25) is 0 Å². The Morgan fingerprint density at radius 1 is 1.56 bits per heavy atom. The first-order valence-electron chi connectivity index (χ1n) is 3.06. The van der Waals surface area contributed by atoms with E-state index in [0.29, 0.717) is 19.6 Å². The van der Waals surface area contributed by atoms with Crippen LogP contribution in [0, 0.1) is 0 Å². The lowest BCUT2D eigenvalue weighted by atomic mass is 10.3. The third-order valence-corrected chi connectivity index (χ3v) is 1.20. The number of carbonyl (C=O) groups is 1. The molecule has 0 bridgehead atoms. The third kappa shape index (κ3) is 2.01. The molecule has 1 saturated heterocycles. The number of ether oxygens (including phenoxy) is 2. The molecule has 1 aliphatic rings. The minimum Gasteiger partial charge on any atom is -0.463 e. The van der Waals surface area contributed by atoms with Crippen molar-refractivity contribution >= 4 is 5.97 Å². The SMILES string of the molecule is C[C@@H]1CC(=O)OCCO1. The molecule has 3 nitrogen and oxygen atoms in total. The van der Waals surface area contributed by atoms with Crippen LogP contribution in [0.3, 0.4) is 0 Å². The van der Waals surface area contributed by atoms with Crippen LogP contribution in [-0.4, -0.2) is 25.3 Å². The van der Waals surface area contributed by atoms with E-state index in [2.05, 4.69) is 0 Å². The molecule has 0 aromatic carbocycles. The van der Waals surface area contributed by atoms with Crippen LogP contribution in [0.15, 0.2) is 0 Å². The molecule has 0 saturated carbocycles. The second kappa shape index (κ2) is 2.82. The lowest BCUT2D eigenvalue weighted by Crippen LogP contribution is -2.09. The molecule has 1 heterocycles. The van der Waals surface area contributed by atoms with Crippen molar-refractivity contribution in [3.8, 4) is 0 Å². The van der Waals surface area contributed by atoms with Crippen molar-refractivity contribution in [3.05, 3.63) is 0 Å². The number of hydrogen-bond donors (Lipinski definition) is 0. The molecule has 0 aliphatic carbocycles. The van der Waals surface area contributed by atoms with Crippen LogP contribution in [0.4, 0.5) is 0 Å². The second-order valence-corrected chi connectivity index (χ2v) is 2.11. The fourth-order valence-electron chi connectivity index (χ4n) is 0.757. The van der Waals surface area contributed by atoms with Crippen molar-refractivity contribution in [2.45, 2.75) is 19.4 Å². The summed E-state index contributed by atoms with van der Waals surface area (Å²) in [7, 11) is 0. The van der Waals surface area contributed by atoms with Gasteiger partial charge in [-0.05, 0) is 6.92 Å². The average molecular weight is 130 g/mol. The van der Waals surface area contributed by atoms with E-state index < -0.39 is 0 Å². The van der Waals surface area contributed by atoms with Crippen LogP contribution in [0.1, 0.15) is 13.3 Å². The van der Waals surface area contributed by atoms with Crippen LogP contribution in [0.25, 0.3) is 0 Å². The maximum atomic E-state index is 10.6. The number of carbonyl (C=O) groups excluding carboxylic acids is 1.